The van der Waals surface area contributed by atoms with Crippen LogP contribution in [0.2, 0.25) is 0 Å². The predicted octanol–water partition coefficient (Wildman–Crippen LogP) is -1.11. The summed E-state index contributed by atoms with van der Waals surface area (Å²) in [6.45, 7) is -0.123. The maximum Gasteiger partial charge on any atom is 0.246 e. The average molecular weight is 190 g/mol. The minimum atomic E-state index is -3.51. The van der Waals surface area contributed by atoms with Crippen LogP contribution >= 0.6 is 0 Å². The second-order valence-electron chi connectivity index (χ2n) is 2.70. The second kappa shape index (κ2) is 2.87. The smallest absolute Gasteiger partial charge is 0.246 e. The Labute approximate surface area is 71.1 Å². The summed E-state index contributed by atoms with van der Waals surface area (Å²) in [5.41, 5.74) is 0. The normalized spacial score (nSPS) is 24.8. The lowest BCUT2D eigenvalue weighted by molar-refractivity contribution is -0.113. The van der Waals surface area contributed by atoms with Crippen molar-refractivity contribution in [3.8, 4) is 0 Å². The standard InChI is InChI=1S/C6H10N2O3S/c1-8(2)4-6-5(9)3-7-12(6,10)11/h4,7H,3H2,1-2H3/b6-4-. The van der Waals surface area contributed by atoms with Crippen LogP contribution in [0.3, 0.4) is 0 Å². The summed E-state index contributed by atoms with van der Waals surface area (Å²) < 4.78 is 24.3. The SMILES string of the molecule is CN(C)/C=C1/C(=O)CNS1(=O)=O. The van der Waals surface area contributed by atoms with Crippen LogP contribution in [0, 0.1) is 0 Å². The molecule has 1 aliphatic heterocycles. The van der Waals surface area contributed by atoms with Gasteiger partial charge in [-0.3, -0.25) is 4.79 Å². The Morgan fingerprint density at radius 2 is 2.08 bits per heavy atom. The van der Waals surface area contributed by atoms with Gasteiger partial charge >= 0.3 is 0 Å². The fourth-order valence-electron chi connectivity index (χ4n) is 0.851. The maximum absolute atomic E-state index is 11.1. The van der Waals surface area contributed by atoms with Crippen LogP contribution in [-0.4, -0.2) is 39.7 Å². The van der Waals surface area contributed by atoms with Crippen LogP contribution in [0.25, 0.3) is 0 Å². The molecule has 0 aromatic rings. The Balaban J connectivity index is 3.10. The molecule has 0 aliphatic carbocycles. The number of Topliss-reactive ketones (excluding diaryl/α,β-unsaturated/α-hetero) is 1. The van der Waals surface area contributed by atoms with Crippen molar-refractivity contribution in [3.63, 3.8) is 0 Å². The van der Waals surface area contributed by atoms with Crippen molar-refractivity contribution < 1.29 is 13.2 Å². The highest BCUT2D eigenvalue weighted by Gasteiger charge is 2.32. The molecule has 6 heteroatoms. The first-order chi connectivity index (χ1) is 5.43. The molecule has 12 heavy (non-hydrogen) atoms. The summed E-state index contributed by atoms with van der Waals surface area (Å²) >= 11 is 0. The monoisotopic (exact) mass is 190 g/mol. The quantitative estimate of drug-likeness (QED) is 0.532. The van der Waals surface area contributed by atoms with E-state index >= 15 is 0 Å². The zero-order chi connectivity index (χ0) is 9.35. The number of nitrogens with zero attached hydrogens (tertiary/aromatic N) is 1. The van der Waals surface area contributed by atoms with E-state index < -0.39 is 10.0 Å². The van der Waals surface area contributed by atoms with Crippen LogP contribution in [0.5, 0.6) is 0 Å². The molecule has 0 aromatic carbocycles. The summed E-state index contributed by atoms with van der Waals surface area (Å²) in [5.74, 6) is -0.385. The third-order valence-electron chi connectivity index (χ3n) is 1.36. The molecule has 0 aromatic heterocycles. The Hall–Kier alpha value is -0.880. The first-order valence-electron chi connectivity index (χ1n) is 3.34. The van der Waals surface area contributed by atoms with Gasteiger partial charge in [0.25, 0.3) is 0 Å². The number of nitrogens with one attached hydrogen (secondary N) is 1. The summed E-state index contributed by atoms with van der Waals surface area (Å²) in [6, 6.07) is 0. The number of ketones is 1. The van der Waals surface area contributed by atoms with Crippen LogP contribution < -0.4 is 4.72 Å². The van der Waals surface area contributed by atoms with Gasteiger partial charge in [-0.1, -0.05) is 0 Å². The van der Waals surface area contributed by atoms with Crippen LogP contribution in [0.1, 0.15) is 0 Å². The molecule has 1 saturated heterocycles. The number of carbonyl (C=O) groups excluding carboxylic acids is 1. The molecule has 1 heterocycles. The largest absolute Gasteiger partial charge is 0.382 e. The van der Waals surface area contributed by atoms with Crippen molar-refractivity contribution >= 4 is 15.8 Å². The third-order valence-corrected chi connectivity index (χ3v) is 2.80. The van der Waals surface area contributed by atoms with E-state index in [-0.39, 0.29) is 17.2 Å². The average Bonchev–Trinajstić information content (AvgIpc) is 2.15. The lowest BCUT2D eigenvalue weighted by Crippen LogP contribution is -2.16. The number of rotatable bonds is 1. The van der Waals surface area contributed by atoms with E-state index in [0.717, 1.165) is 0 Å². The molecule has 0 spiro atoms. The van der Waals surface area contributed by atoms with Gasteiger partial charge in [-0.15, -0.1) is 0 Å². The highest BCUT2D eigenvalue weighted by Crippen LogP contribution is 2.12. The first-order valence-corrected chi connectivity index (χ1v) is 4.83. The molecule has 0 bridgehead atoms. The van der Waals surface area contributed by atoms with Gasteiger partial charge in [0.1, 0.15) is 4.91 Å². The fraction of sp³-hybridized carbons (Fsp3) is 0.500. The van der Waals surface area contributed by atoms with Gasteiger partial charge in [0.05, 0.1) is 6.54 Å². The molecule has 0 radical (unpaired) electrons. The lowest BCUT2D eigenvalue weighted by Gasteiger charge is -2.04. The van der Waals surface area contributed by atoms with Gasteiger partial charge in [0, 0.05) is 20.3 Å². The molecular formula is C6H10N2O3S. The maximum atomic E-state index is 11.1. The first kappa shape index (κ1) is 9.21. The van der Waals surface area contributed by atoms with E-state index in [9.17, 15) is 13.2 Å². The Morgan fingerprint density at radius 1 is 1.50 bits per heavy atom. The fourth-order valence-corrected chi connectivity index (χ4v) is 2.05. The molecule has 5 nitrogen and oxygen atoms in total. The van der Waals surface area contributed by atoms with Crippen molar-refractivity contribution in [1.29, 1.82) is 0 Å². The number of hydrogen-bond acceptors (Lipinski definition) is 4. The van der Waals surface area contributed by atoms with Crippen LogP contribution in [0.4, 0.5) is 0 Å². The van der Waals surface area contributed by atoms with Gasteiger partial charge in [-0.25, -0.2) is 13.1 Å². The number of carbonyl (C=O) groups is 1. The molecular weight excluding hydrogens is 180 g/mol. The van der Waals surface area contributed by atoms with E-state index in [4.69, 9.17) is 0 Å². The molecule has 0 saturated carbocycles. The minimum Gasteiger partial charge on any atom is -0.382 e. The molecule has 0 amide bonds. The third kappa shape index (κ3) is 1.64. The second-order valence-corrected chi connectivity index (χ2v) is 4.44. The van der Waals surface area contributed by atoms with Crippen molar-refractivity contribution in [3.05, 3.63) is 11.1 Å². The number of sulfonamides is 1. The van der Waals surface area contributed by atoms with E-state index in [1.165, 1.54) is 11.1 Å². The molecule has 1 fully saturated rings. The van der Waals surface area contributed by atoms with Gasteiger partial charge in [0.15, 0.2) is 5.78 Å². The number of hydrogen-bond donors (Lipinski definition) is 1. The highest BCUT2D eigenvalue weighted by atomic mass is 32.2. The molecule has 1 N–H and O–H groups in total. The summed E-state index contributed by atoms with van der Waals surface area (Å²) in [6.07, 6.45) is 1.30. The summed E-state index contributed by atoms with van der Waals surface area (Å²) in [4.78, 5) is 12.4. The van der Waals surface area contributed by atoms with E-state index in [1.54, 1.807) is 14.1 Å². The molecule has 0 unspecified atom stereocenters. The van der Waals surface area contributed by atoms with Crippen molar-refractivity contribution in [1.82, 2.24) is 9.62 Å². The Bertz CT molecular complexity index is 329. The Kier molecular flexibility index (Phi) is 2.20. The summed E-state index contributed by atoms with van der Waals surface area (Å²) in [7, 11) is -0.190. The van der Waals surface area contributed by atoms with E-state index in [2.05, 4.69) is 4.72 Å². The zero-order valence-corrected chi connectivity index (χ0v) is 7.68. The van der Waals surface area contributed by atoms with Gasteiger partial charge in [-0.05, 0) is 0 Å². The van der Waals surface area contributed by atoms with E-state index in [1.807, 2.05) is 0 Å². The topological polar surface area (TPSA) is 66.5 Å². The molecule has 0 atom stereocenters. The lowest BCUT2D eigenvalue weighted by atomic mass is 10.4. The minimum absolute atomic E-state index is 0.123. The highest BCUT2D eigenvalue weighted by molar-refractivity contribution is 7.95. The van der Waals surface area contributed by atoms with Crippen LogP contribution in [-0.2, 0) is 14.8 Å². The predicted molar refractivity (Wildman–Crippen MR) is 43.7 cm³/mol. The van der Waals surface area contributed by atoms with Gasteiger partial charge < -0.3 is 4.90 Å². The van der Waals surface area contributed by atoms with Crippen LogP contribution in [0.15, 0.2) is 11.1 Å². The van der Waals surface area contributed by atoms with Crippen molar-refractivity contribution in [2.24, 2.45) is 0 Å². The van der Waals surface area contributed by atoms with Crippen molar-refractivity contribution in [2.75, 3.05) is 20.6 Å². The van der Waals surface area contributed by atoms with E-state index in [0.29, 0.717) is 0 Å². The summed E-state index contributed by atoms with van der Waals surface area (Å²) in [5, 5.41) is 0. The van der Waals surface area contributed by atoms with Crippen molar-refractivity contribution in [2.45, 2.75) is 0 Å². The van der Waals surface area contributed by atoms with Gasteiger partial charge in [0.2, 0.25) is 10.0 Å². The molecule has 1 rings (SSSR count). The van der Waals surface area contributed by atoms with Gasteiger partial charge in [-0.2, -0.15) is 0 Å². The zero-order valence-electron chi connectivity index (χ0n) is 6.86. The molecule has 1 aliphatic rings. The Morgan fingerprint density at radius 3 is 2.42 bits per heavy atom. The molecule has 68 valence electrons.